The molecule has 0 amide bonds. The van der Waals surface area contributed by atoms with Crippen molar-refractivity contribution in [2.75, 3.05) is 19.0 Å². The fraction of sp³-hybridized carbons (Fsp3) is 0.625. The van der Waals surface area contributed by atoms with Crippen molar-refractivity contribution in [3.05, 3.63) is 24.3 Å². The summed E-state index contributed by atoms with van der Waals surface area (Å²) in [5.41, 5.74) is 1.18. The quantitative estimate of drug-likeness (QED) is 0.845. The smallest absolute Gasteiger partial charge is 0.119 e. The summed E-state index contributed by atoms with van der Waals surface area (Å²) < 4.78 is 11.0. The molecule has 0 aromatic heterocycles. The molecule has 0 heterocycles. The highest BCUT2D eigenvalue weighted by Crippen LogP contribution is 2.24. The lowest BCUT2D eigenvalue weighted by Gasteiger charge is -2.28. The number of ether oxygens (including phenoxy) is 2. The van der Waals surface area contributed by atoms with E-state index in [0.29, 0.717) is 12.1 Å². The first-order valence-electron chi connectivity index (χ1n) is 7.34. The molecular weight excluding hydrogens is 238 g/mol. The molecule has 0 radical (unpaired) electrons. The van der Waals surface area contributed by atoms with Crippen LogP contribution in [0.4, 0.5) is 5.69 Å². The van der Waals surface area contributed by atoms with Gasteiger partial charge in [-0.25, -0.2) is 0 Å². The summed E-state index contributed by atoms with van der Waals surface area (Å²) in [5.74, 6) is 0.954. The third-order valence-electron chi connectivity index (χ3n) is 3.71. The van der Waals surface area contributed by atoms with Gasteiger partial charge in [0.05, 0.1) is 12.7 Å². The van der Waals surface area contributed by atoms with Gasteiger partial charge in [-0.2, -0.15) is 0 Å². The Morgan fingerprint density at radius 2 is 1.79 bits per heavy atom. The van der Waals surface area contributed by atoms with Gasteiger partial charge in [0.2, 0.25) is 0 Å². The van der Waals surface area contributed by atoms with Crippen LogP contribution in [0, 0.1) is 0 Å². The van der Waals surface area contributed by atoms with Crippen LogP contribution < -0.4 is 10.1 Å². The highest BCUT2D eigenvalue weighted by Gasteiger charge is 2.20. The highest BCUT2D eigenvalue weighted by atomic mass is 16.5. The predicted octanol–water partition coefficient (Wildman–Crippen LogP) is 3.84. The van der Waals surface area contributed by atoms with Crippen LogP contribution in [0.3, 0.4) is 0 Å². The van der Waals surface area contributed by atoms with Crippen molar-refractivity contribution in [1.29, 1.82) is 0 Å². The maximum atomic E-state index is 5.58. The Labute approximate surface area is 116 Å². The summed E-state index contributed by atoms with van der Waals surface area (Å²) in [5, 5.41) is 3.60. The van der Waals surface area contributed by atoms with Crippen LogP contribution in [0.15, 0.2) is 24.3 Å². The van der Waals surface area contributed by atoms with E-state index >= 15 is 0 Å². The third-order valence-corrected chi connectivity index (χ3v) is 3.71. The number of hydrogen-bond donors (Lipinski definition) is 1. The largest absolute Gasteiger partial charge is 0.494 e. The Morgan fingerprint density at radius 3 is 2.37 bits per heavy atom. The fourth-order valence-corrected chi connectivity index (χ4v) is 2.55. The maximum absolute atomic E-state index is 5.58. The van der Waals surface area contributed by atoms with E-state index in [2.05, 4.69) is 24.4 Å². The van der Waals surface area contributed by atoms with Gasteiger partial charge in [0, 0.05) is 18.8 Å². The van der Waals surface area contributed by atoms with Gasteiger partial charge in [0.25, 0.3) is 0 Å². The average Bonchev–Trinajstić information content (AvgIpc) is 2.47. The first-order valence-corrected chi connectivity index (χ1v) is 7.34. The first-order chi connectivity index (χ1) is 9.31. The van der Waals surface area contributed by atoms with E-state index in [1.54, 1.807) is 0 Å². The summed E-state index contributed by atoms with van der Waals surface area (Å²) in [4.78, 5) is 0. The zero-order chi connectivity index (χ0) is 13.5. The Bertz CT molecular complexity index is 356. The average molecular weight is 263 g/mol. The highest BCUT2D eigenvalue weighted by molar-refractivity contribution is 5.47. The second-order valence-corrected chi connectivity index (χ2v) is 5.23. The van der Waals surface area contributed by atoms with Crippen LogP contribution in [0.25, 0.3) is 0 Å². The van der Waals surface area contributed by atoms with E-state index in [-0.39, 0.29) is 0 Å². The molecule has 1 aliphatic carbocycles. The first kappa shape index (κ1) is 14.2. The van der Waals surface area contributed by atoms with Gasteiger partial charge >= 0.3 is 0 Å². The zero-order valence-corrected chi connectivity index (χ0v) is 12.0. The van der Waals surface area contributed by atoms with Crippen molar-refractivity contribution in [1.82, 2.24) is 0 Å². The minimum absolute atomic E-state index is 0.461. The lowest BCUT2D eigenvalue weighted by molar-refractivity contribution is 0.0682. The van der Waals surface area contributed by atoms with Crippen molar-refractivity contribution in [3.63, 3.8) is 0 Å². The van der Waals surface area contributed by atoms with Crippen LogP contribution in [-0.2, 0) is 4.74 Å². The van der Waals surface area contributed by atoms with Gasteiger partial charge in [0.1, 0.15) is 5.75 Å². The van der Waals surface area contributed by atoms with Gasteiger partial charge < -0.3 is 14.8 Å². The summed E-state index contributed by atoms with van der Waals surface area (Å²) in [6, 6.07) is 8.87. The predicted molar refractivity (Wildman–Crippen MR) is 78.9 cm³/mol. The Hall–Kier alpha value is -1.22. The van der Waals surface area contributed by atoms with Crippen LogP contribution in [-0.4, -0.2) is 25.9 Å². The van der Waals surface area contributed by atoms with Gasteiger partial charge in [0.15, 0.2) is 0 Å². The molecule has 0 atom stereocenters. The van der Waals surface area contributed by atoms with Crippen molar-refractivity contribution in [2.24, 2.45) is 0 Å². The Kier molecular flexibility index (Phi) is 5.52. The number of methoxy groups -OCH3 is 1. The number of anilines is 1. The third kappa shape index (κ3) is 4.43. The van der Waals surface area contributed by atoms with E-state index in [4.69, 9.17) is 9.47 Å². The van der Waals surface area contributed by atoms with Crippen molar-refractivity contribution in [3.8, 4) is 5.75 Å². The number of rotatable bonds is 6. The van der Waals surface area contributed by atoms with Crippen molar-refractivity contribution in [2.45, 2.75) is 51.2 Å². The van der Waals surface area contributed by atoms with Gasteiger partial charge in [-0.1, -0.05) is 6.92 Å². The molecule has 1 saturated carbocycles. The standard InChI is InChI=1S/C16H25NO2/c1-3-12-19-16-10-6-14(7-11-16)17-13-4-8-15(18-2)9-5-13/h6-7,10-11,13,15,17H,3-5,8-9,12H2,1-2H3. The van der Waals surface area contributed by atoms with Crippen LogP contribution in [0.5, 0.6) is 5.75 Å². The molecule has 2 rings (SSSR count). The van der Waals surface area contributed by atoms with Crippen LogP contribution in [0.2, 0.25) is 0 Å². The Balaban J connectivity index is 1.79. The SMILES string of the molecule is CCCOc1ccc(NC2CCC(OC)CC2)cc1. The molecule has 1 fully saturated rings. The van der Waals surface area contributed by atoms with Crippen LogP contribution in [0.1, 0.15) is 39.0 Å². The molecule has 0 saturated heterocycles. The molecule has 1 aliphatic rings. The molecule has 106 valence electrons. The van der Waals surface area contributed by atoms with Gasteiger partial charge in [-0.05, 0) is 56.4 Å². The minimum Gasteiger partial charge on any atom is -0.494 e. The van der Waals surface area contributed by atoms with E-state index < -0.39 is 0 Å². The second-order valence-electron chi connectivity index (χ2n) is 5.23. The molecule has 19 heavy (non-hydrogen) atoms. The molecule has 0 spiro atoms. The molecular formula is C16H25NO2. The Morgan fingerprint density at radius 1 is 1.11 bits per heavy atom. The number of nitrogens with one attached hydrogen (secondary N) is 1. The molecule has 0 aliphatic heterocycles. The van der Waals surface area contributed by atoms with Crippen molar-refractivity contribution < 1.29 is 9.47 Å². The topological polar surface area (TPSA) is 30.5 Å². The van der Waals surface area contributed by atoms with Crippen LogP contribution >= 0.6 is 0 Å². The summed E-state index contributed by atoms with van der Waals surface area (Å²) in [6.45, 7) is 2.90. The fourth-order valence-electron chi connectivity index (χ4n) is 2.55. The molecule has 3 nitrogen and oxygen atoms in total. The normalized spacial score (nSPS) is 23.1. The summed E-state index contributed by atoms with van der Waals surface area (Å²) in [7, 11) is 1.81. The number of hydrogen-bond acceptors (Lipinski definition) is 3. The molecule has 3 heteroatoms. The summed E-state index contributed by atoms with van der Waals surface area (Å²) >= 11 is 0. The maximum Gasteiger partial charge on any atom is 0.119 e. The summed E-state index contributed by atoms with van der Waals surface area (Å²) in [6.07, 6.45) is 6.20. The monoisotopic (exact) mass is 263 g/mol. The van der Waals surface area contributed by atoms with E-state index in [9.17, 15) is 0 Å². The van der Waals surface area contributed by atoms with Gasteiger partial charge in [-0.3, -0.25) is 0 Å². The molecule has 1 N–H and O–H groups in total. The van der Waals surface area contributed by atoms with Crippen molar-refractivity contribution >= 4 is 5.69 Å². The van der Waals surface area contributed by atoms with E-state index in [1.165, 1.54) is 18.5 Å². The molecule has 0 bridgehead atoms. The second kappa shape index (κ2) is 7.39. The van der Waals surface area contributed by atoms with E-state index in [0.717, 1.165) is 31.6 Å². The zero-order valence-electron chi connectivity index (χ0n) is 12.0. The minimum atomic E-state index is 0.461. The van der Waals surface area contributed by atoms with E-state index in [1.807, 2.05) is 19.2 Å². The number of benzene rings is 1. The lowest BCUT2D eigenvalue weighted by Crippen LogP contribution is -2.29. The lowest BCUT2D eigenvalue weighted by atomic mass is 9.93. The molecule has 1 aromatic rings. The van der Waals surface area contributed by atoms with Gasteiger partial charge in [-0.15, -0.1) is 0 Å². The molecule has 1 aromatic carbocycles. The molecule has 0 unspecified atom stereocenters.